The summed E-state index contributed by atoms with van der Waals surface area (Å²) in [6.45, 7) is 0. The zero-order chi connectivity index (χ0) is 9.97. The highest BCUT2D eigenvalue weighted by Crippen LogP contribution is 2.19. The van der Waals surface area contributed by atoms with Gasteiger partial charge in [0, 0.05) is 11.6 Å². The molecule has 3 nitrogen and oxygen atoms in total. The molecule has 2 aromatic rings. The molecule has 0 fully saturated rings. The first-order valence-corrected chi connectivity index (χ1v) is 4.15. The van der Waals surface area contributed by atoms with Crippen LogP contribution in [0.2, 0.25) is 0 Å². The number of phenolic OH excluding ortho intramolecular Hbond substituents is 1. The molecule has 3 heteroatoms. The van der Waals surface area contributed by atoms with Crippen molar-refractivity contribution in [2.45, 2.75) is 0 Å². The van der Waals surface area contributed by atoms with Crippen LogP contribution in [0.4, 0.5) is 0 Å². The Hall–Kier alpha value is -2.03. The molecule has 1 aromatic carbocycles. The van der Waals surface area contributed by atoms with Crippen molar-refractivity contribution >= 4 is 0 Å². The molecule has 0 amide bonds. The molecule has 0 bridgehead atoms. The van der Waals surface area contributed by atoms with Gasteiger partial charge >= 0.3 is 5.63 Å². The van der Waals surface area contributed by atoms with Gasteiger partial charge in [-0.15, -0.1) is 0 Å². The van der Waals surface area contributed by atoms with Gasteiger partial charge in [0.2, 0.25) is 0 Å². The third-order valence-electron chi connectivity index (χ3n) is 1.84. The molecular weight excluding hydrogens is 180 g/mol. The molecular formula is C11H8O3. The average molecular weight is 188 g/mol. The third kappa shape index (κ3) is 1.66. The number of hydrogen-bond donors (Lipinski definition) is 1. The maximum Gasteiger partial charge on any atom is 0.336 e. The third-order valence-corrected chi connectivity index (χ3v) is 1.84. The Kier molecular flexibility index (Phi) is 2.07. The molecule has 1 heterocycles. The van der Waals surface area contributed by atoms with Gasteiger partial charge in [-0.25, -0.2) is 4.79 Å². The molecule has 0 spiro atoms. The van der Waals surface area contributed by atoms with Crippen molar-refractivity contribution in [2.24, 2.45) is 0 Å². The van der Waals surface area contributed by atoms with Crippen LogP contribution in [-0.2, 0) is 0 Å². The van der Waals surface area contributed by atoms with E-state index >= 15 is 0 Å². The first kappa shape index (κ1) is 8.56. The van der Waals surface area contributed by atoms with Gasteiger partial charge in [-0.05, 0) is 30.3 Å². The van der Waals surface area contributed by atoms with E-state index in [1.165, 1.54) is 6.07 Å². The van der Waals surface area contributed by atoms with Crippen LogP contribution in [0.15, 0.2) is 51.7 Å². The van der Waals surface area contributed by atoms with Crippen LogP contribution in [0.1, 0.15) is 0 Å². The van der Waals surface area contributed by atoms with E-state index in [9.17, 15) is 4.79 Å². The highest BCUT2D eigenvalue weighted by atomic mass is 16.4. The molecule has 0 radical (unpaired) electrons. The lowest BCUT2D eigenvalue weighted by atomic mass is 10.1. The second-order valence-corrected chi connectivity index (χ2v) is 2.86. The van der Waals surface area contributed by atoms with Crippen LogP contribution in [0.5, 0.6) is 5.75 Å². The molecule has 1 N–H and O–H groups in total. The standard InChI is InChI=1S/C11H8O3/c12-9-6-4-8(5-7-9)10-2-1-3-11(13)14-10/h1-7,12H. The Labute approximate surface area is 80.2 Å². The van der Waals surface area contributed by atoms with Gasteiger partial charge in [-0.3, -0.25) is 0 Å². The number of phenols is 1. The molecule has 70 valence electrons. The maximum atomic E-state index is 10.9. The van der Waals surface area contributed by atoms with E-state index in [0.29, 0.717) is 5.76 Å². The quantitative estimate of drug-likeness (QED) is 0.744. The van der Waals surface area contributed by atoms with Crippen molar-refractivity contribution in [3.05, 3.63) is 52.9 Å². The maximum absolute atomic E-state index is 10.9. The number of hydrogen-bond acceptors (Lipinski definition) is 3. The van der Waals surface area contributed by atoms with E-state index in [2.05, 4.69) is 0 Å². The fraction of sp³-hybridized carbons (Fsp3) is 0. The summed E-state index contributed by atoms with van der Waals surface area (Å²) in [5.41, 5.74) is 0.385. The Morgan fingerprint density at radius 2 is 1.71 bits per heavy atom. The second-order valence-electron chi connectivity index (χ2n) is 2.86. The molecule has 14 heavy (non-hydrogen) atoms. The minimum Gasteiger partial charge on any atom is -0.508 e. The molecule has 0 aliphatic heterocycles. The molecule has 1 aromatic heterocycles. The summed E-state index contributed by atoms with van der Waals surface area (Å²) < 4.78 is 4.97. The van der Waals surface area contributed by atoms with Crippen LogP contribution >= 0.6 is 0 Å². The lowest BCUT2D eigenvalue weighted by Gasteiger charge is -1.98. The Morgan fingerprint density at radius 3 is 2.36 bits per heavy atom. The number of benzene rings is 1. The summed E-state index contributed by atoms with van der Waals surface area (Å²) in [6.07, 6.45) is 0. The Morgan fingerprint density at radius 1 is 1.00 bits per heavy atom. The van der Waals surface area contributed by atoms with Crippen LogP contribution in [0.3, 0.4) is 0 Å². The monoisotopic (exact) mass is 188 g/mol. The minimum atomic E-state index is -0.379. The van der Waals surface area contributed by atoms with Crippen molar-refractivity contribution in [3.8, 4) is 17.1 Å². The van der Waals surface area contributed by atoms with Gasteiger partial charge in [-0.2, -0.15) is 0 Å². The van der Waals surface area contributed by atoms with Crippen molar-refractivity contribution in [1.82, 2.24) is 0 Å². The summed E-state index contributed by atoms with van der Waals surface area (Å²) in [7, 11) is 0. The number of aromatic hydroxyl groups is 1. The van der Waals surface area contributed by atoms with Crippen molar-refractivity contribution < 1.29 is 9.52 Å². The van der Waals surface area contributed by atoms with Gasteiger partial charge in [-0.1, -0.05) is 6.07 Å². The summed E-state index contributed by atoms with van der Waals surface area (Å²) in [4.78, 5) is 10.9. The zero-order valence-electron chi connectivity index (χ0n) is 7.31. The van der Waals surface area contributed by atoms with Crippen molar-refractivity contribution in [1.29, 1.82) is 0 Å². The highest BCUT2D eigenvalue weighted by molar-refractivity contribution is 5.57. The highest BCUT2D eigenvalue weighted by Gasteiger charge is 1.99. The lowest BCUT2D eigenvalue weighted by molar-refractivity contribution is 0.475. The Balaban J connectivity index is 2.50. The summed E-state index contributed by atoms with van der Waals surface area (Å²) >= 11 is 0. The minimum absolute atomic E-state index is 0.187. The van der Waals surface area contributed by atoms with Crippen LogP contribution < -0.4 is 5.63 Å². The van der Waals surface area contributed by atoms with E-state index in [4.69, 9.17) is 9.52 Å². The molecule has 0 saturated heterocycles. The Bertz CT molecular complexity index is 482. The van der Waals surface area contributed by atoms with E-state index in [1.54, 1.807) is 36.4 Å². The molecule has 0 aliphatic rings. The predicted octanol–water partition coefficient (Wildman–Crippen LogP) is 2.01. The van der Waals surface area contributed by atoms with Gasteiger partial charge in [0.15, 0.2) is 0 Å². The fourth-order valence-electron chi connectivity index (χ4n) is 1.17. The number of rotatable bonds is 1. The summed E-state index contributed by atoms with van der Waals surface area (Å²) in [6, 6.07) is 11.2. The van der Waals surface area contributed by atoms with Crippen molar-refractivity contribution in [2.75, 3.05) is 0 Å². The normalized spacial score (nSPS) is 10.0. The van der Waals surface area contributed by atoms with Gasteiger partial charge in [0.1, 0.15) is 11.5 Å². The van der Waals surface area contributed by atoms with E-state index in [1.807, 2.05) is 0 Å². The first-order valence-electron chi connectivity index (χ1n) is 4.15. The largest absolute Gasteiger partial charge is 0.508 e. The molecule has 2 rings (SSSR count). The molecule has 0 aliphatic carbocycles. The summed E-state index contributed by atoms with van der Waals surface area (Å²) in [5.74, 6) is 0.685. The average Bonchev–Trinajstić information content (AvgIpc) is 2.19. The van der Waals surface area contributed by atoms with Crippen molar-refractivity contribution in [3.63, 3.8) is 0 Å². The second kappa shape index (κ2) is 3.38. The van der Waals surface area contributed by atoms with E-state index in [0.717, 1.165) is 5.56 Å². The van der Waals surface area contributed by atoms with Crippen LogP contribution in [-0.4, -0.2) is 5.11 Å². The van der Waals surface area contributed by atoms with Gasteiger partial charge < -0.3 is 9.52 Å². The zero-order valence-corrected chi connectivity index (χ0v) is 7.31. The first-order chi connectivity index (χ1) is 6.75. The molecule has 0 saturated carbocycles. The molecule has 0 atom stereocenters. The molecule has 0 unspecified atom stereocenters. The topological polar surface area (TPSA) is 50.4 Å². The van der Waals surface area contributed by atoms with E-state index < -0.39 is 0 Å². The predicted molar refractivity (Wildman–Crippen MR) is 52.1 cm³/mol. The van der Waals surface area contributed by atoms with Crippen LogP contribution in [0.25, 0.3) is 11.3 Å². The fourth-order valence-corrected chi connectivity index (χ4v) is 1.17. The smallest absolute Gasteiger partial charge is 0.336 e. The van der Waals surface area contributed by atoms with Crippen LogP contribution in [0, 0.1) is 0 Å². The summed E-state index contributed by atoms with van der Waals surface area (Å²) in [5, 5.41) is 9.07. The van der Waals surface area contributed by atoms with Gasteiger partial charge in [0.25, 0.3) is 0 Å². The van der Waals surface area contributed by atoms with Gasteiger partial charge in [0.05, 0.1) is 0 Å². The van der Waals surface area contributed by atoms with E-state index in [-0.39, 0.29) is 11.4 Å². The SMILES string of the molecule is O=c1cccc(-c2ccc(O)cc2)o1. The lowest BCUT2D eigenvalue weighted by Crippen LogP contribution is -1.94.